The maximum Gasteiger partial charge on any atom is 0.224 e. The third kappa shape index (κ3) is 6.45. The molecule has 12 heteroatoms. The summed E-state index contributed by atoms with van der Waals surface area (Å²) in [5, 5.41) is 6.18. The second kappa shape index (κ2) is 12.0. The molecule has 2 aromatic rings. The van der Waals surface area contributed by atoms with Gasteiger partial charge in [-0.15, -0.1) is 0 Å². The number of aryl methyl sites for hydroxylation is 1. The molecular formula is C25H32ClF2N7O2. The van der Waals surface area contributed by atoms with E-state index in [9.17, 15) is 13.6 Å². The number of rotatable bonds is 6. The lowest BCUT2D eigenvalue weighted by Crippen LogP contribution is -2.34. The molecule has 4 N–H and O–H groups in total. The van der Waals surface area contributed by atoms with Gasteiger partial charge in [-0.25, -0.2) is 18.8 Å². The molecular weight excluding hydrogens is 504 g/mol. The molecule has 1 amide bonds. The second-order valence-corrected chi connectivity index (χ2v) is 9.88. The van der Waals surface area contributed by atoms with Crippen LogP contribution in [0.15, 0.2) is 22.1 Å². The van der Waals surface area contributed by atoms with E-state index in [-0.39, 0.29) is 34.6 Å². The molecule has 2 heterocycles. The molecule has 4 rings (SSSR count). The van der Waals surface area contributed by atoms with Gasteiger partial charge in [0.1, 0.15) is 5.82 Å². The number of carbonyl (C=O) groups excluding carboxylic acids is 1. The van der Waals surface area contributed by atoms with E-state index in [4.69, 9.17) is 27.1 Å². The number of nitrogens with one attached hydrogen (secondary N) is 2. The molecule has 1 saturated carbocycles. The van der Waals surface area contributed by atoms with E-state index in [2.05, 4.69) is 27.3 Å². The zero-order chi connectivity index (χ0) is 26.5. The fourth-order valence-corrected chi connectivity index (χ4v) is 5.18. The van der Waals surface area contributed by atoms with Crippen molar-refractivity contribution in [3.8, 4) is 0 Å². The molecule has 200 valence electrons. The number of aromatic nitrogens is 2. The van der Waals surface area contributed by atoms with E-state index < -0.39 is 11.6 Å². The summed E-state index contributed by atoms with van der Waals surface area (Å²) < 4.78 is 35.7. The van der Waals surface area contributed by atoms with Crippen LogP contribution in [0.4, 0.5) is 26.2 Å². The molecule has 0 radical (unpaired) electrons. The Morgan fingerprint density at radius 2 is 1.97 bits per heavy atom. The van der Waals surface area contributed by atoms with Gasteiger partial charge in [-0.3, -0.25) is 9.36 Å². The minimum absolute atomic E-state index is 0.0886. The van der Waals surface area contributed by atoms with Crippen molar-refractivity contribution in [1.82, 2.24) is 14.9 Å². The molecule has 0 spiro atoms. The predicted molar refractivity (Wildman–Crippen MR) is 140 cm³/mol. The number of anilines is 2. The van der Waals surface area contributed by atoms with E-state index in [0.29, 0.717) is 55.7 Å². The van der Waals surface area contributed by atoms with E-state index in [0.717, 1.165) is 38.0 Å². The Balaban J connectivity index is 1.71. The fourth-order valence-electron chi connectivity index (χ4n) is 4.94. The molecule has 37 heavy (non-hydrogen) atoms. The summed E-state index contributed by atoms with van der Waals surface area (Å²) in [6.07, 6.45) is 5.17. The number of guanidine groups is 1. The number of primary amides is 1. The van der Waals surface area contributed by atoms with E-state index in [1.807, 2.05) is 4.57 Å². The number of halogens is 3. The quantitative estimate of drug-likeness (QED) is 0.358. The lowest BCUT2D eigenvalue weighted by molar-refractivity contribution is -0.122. The molecule has 9 nitrogen and oxygen atoms in total. The summed E-state index contributed by atoms with van der Waals surface area (Å²) in [4.78, 5) is 25.2. The van der Waals surface area contributed by atoms with Gasteiger partial charge < -0.3 is 21.1 Å². The van der Waals surface area contributed by atoms with Crippen molar-refractivity contribution in [3.05, 3.63) is 34.5 Å². The number of nitrogens with zero attached hydrogens (tertiary/aromatic N) is 4. The van der Waals surface area contributed by atoms with Gasteiger partial charge in [-0.05, 0) is 64.7 Å². The van der Waals surface area contributed by atoms with Crippen LogP contribution < -0.4 is 16.4 Å². The first-order chi connectivity index (χ1) is 17.8. The SMILES string of the molecule is C=N/C(=N\c1c(C)nc(Nc2c(F)cc(F)cc2Cl)n1[C@H]1CC[C@@H](C(N)=O)CC1)NC1CCCOCC1. The highest BCUT2D eigenvalue weighted by molar-refractivity contribution is 6.33. The molecule has 1 atom stereocenters. The third-order valence-electron chi connectivity index (χ3n) is 6.91. The minimum Gasteiger partial charge on any atom is -0.381 e. The molecule has 2 aliphatic rings. The molecule has 2 fully saturated rings. The topological polar surface area (TPSA) is 119 Å². The Kier molecular flexibility index (Phi) is 8.75. The van der Waals surface area contributed by atoms with Crippen molar-refractivity contribution in [2.75, 3.05) is 18.5 Å². The van der Waals surface area contributed by atoms with Gasteiger partial charge in [0.15, 0.2) is 11.6 Å². The monoisotopic (exact) mass is 535 g/mol. The van der Waals surface area contributed by atoms with Gasteiger partial charge >= 0.3 is 0 Å². The number of imidazole rings is 1. The lowest BCUT2D eigenvalue weighted by Gasteiger charge is -2.29. The predicted octanol–water partition coefficient (Wildman–Crippen LogP) is 4.93. The molecule has 0 bridgehead atoms. The summed E-state index contributed by atoms with van der Waals surface area (Å²) in [6.45, 7) is 6.85. The average Bonchev–Trinajstić information content (AvgIpc) is 3.00. The van der Waals surface area contributed by atoms with Crippen molar-refractivity contribution < 1.29 is 18.3 Å². The number of amides is 1. The van der Waals surface area contributed by atoms with Gasteiger partial charge in [0.2, 0.25) is 17.8 Å². The number of hydrogen-bond acceptors (Lipinski definition) is 5. The number of ether oxygens (including phenoxy) is 1. The minimum atomic E-state index is -0.842. The van der Waals surface area contributed by atoms with Crippen molar-refractivity contribution >= 4 is 47.6 Å². The van der Waals surface area contributed by atoms with Gasteiger partial charge in [-0.1, -0.05) is 11.6 Å². The van der Waals surface area contributed by atoms with E-state index in [1.165, 1.54) is 0 Å². The standard InChI is InChI=1S/C25H32ClF2N7O2/c1-14-23(34-24(30-2)32-17-4-3-10-37-11-9-17)35(18-7-5-15(6-8-18)22(29)36)25(31-14)33-21-19(26)12-16(27)13-20(21)28/h12-13,15,17-18H,2-11H2,1H3,(H2,29,36)(H,31,33)(H,32,34)/t15-,17?,18+. The third-order valence-corrected chi connectivity index (χ3v) is 7.21. The first-order valence-electron chi connectivity index (χ1n) is 12.5. The molecule has 1 saturated heterocycles. The summed E-state index contributed by atoms with van der Waals surface area (Å²) in [5.41, 5.74) is 6.02. The van der Waals surface area contributed by atoms with Crippen LogP contribution in [0.3, 0.4) is 0 Å². The Hall–Kier alpha value is -3.05. The Morgan fingerprint density at radius 3 is 2.65 bits per heavy atom. The van der Waals surface area contributed by atoms with Crippen molar-refractivity contribution in [3.63, 3.8) is 0 Å². The number of aliphatic imine (C=N–C) groups is 2. The van der Waals surface area contributed by atoms with Crippen LogP contribution >= 0.6 is 11.6 Å². The zero-order valence-corrected chi connectivity index (χ0v) is 21.5. The molecule has 1 aliphatic carbocycles. The Bertz CT molecular complexity index is 1150. The van der Waals surface area contributed by atoms with E-state index in [1.54, 1.807) is 6.92 Å². The molecule has 1 aromatic heterocycles. The van der Waals surface area contributed by atoms with Crippen LogP contribution in [-0.4, -0.2) is 47.4 Å². The smallest absolute Gasteiger partial charge is 0.224 e. The second-order valence-electron chi connectivity index (χ2n) is 9.47. The van der Waals surface area contributed by atoms with Crippen molar-refractivity contribution in [1.29, 1.82) is 0 Å². The van der Waals surface area contributed by atoms with Crippen LogP contribution in [0.2, 0.25) is 5.02 Å². The van der Waals surface area contributed by atoms with Crippen LogP contribution in [0.1, 0.15) is 56.7 Å². The molecule has 1 aliphatic heterocycles. The van der Waals surface area contributed by atoms with Crippen LogP contribution in [0.25, 0.3) is 0 Å². The molecule has 1 unspecified atom stereocenters. The normalized spacial score (nSPS) is 22.8. The maximum atomic E-state index is 14.6. The van der Waals surface area contributed by atoms with Crippen LogP contribution in [0, 0.1) is 24.5 Å². The summed E-state index contributed by atoms with van der Waals surface area (Å²) in [6, 6.07) is 1.83. The van der Waals surface area contributed by atoms with Crippen molar-refractivity contribution in [2.45, 2.75) is 64.0 Å². The fraction of sp³-hybridized carbons (Fsp3) is 0.520. The van der Waals surface area contributed by atoms with Crippen LogP contribution in [-0.2, 0) is 9.53 Å². The Labute approximate surface area is 219 Å². The maximum absolute atomic E-state index is 14.6. The van der Waals surface area contributed by atoms with Gasteiger partial charge in [0.05, 0.1) is 16.4 Å². The number of hydrogen-bond donors (Lipinski definition) is 3. The van der Waals surface area contributed by atoms with Crippen molar-refractivity contribution in [2.24, 2.45) is 21.6 Å². The van der Waals surface area contributed by atoms with Gasteiger partial charge in [0.25, 0.3) is 0 Å². The highest BCUT2D eigenvalue weighted by Gasteiger charge is 2.30. The summed E-state index contributed by atoms with van der Waals surface area (Å²) >= 11 is 6.15. The summed E-state index contributed by atoms with van der Waals surface area (Å²) in [5.74, 6) is -0.963. The lowest BCUT2D eigenvalue weighted by atomic mass is 9.85. The Morgan fingerprint density at radius 1 is 1.22 bits per heavy atom. The highest BCUT2D eigenvalue weighted by atomic mass is 35.5. The summed E-state index contributed by atoms with van der Waals surface area (Å²) in [7, 11) is 0. The van der Waals surface area contributed by atoms with E-state index >= 15 is 0 Å². The first kappa shape index (κ1) is 27.0. The van der Waals surface area contributed by atoms with Gasteiger partial charge in [-0.2, -0.15) is 4.99 Å². The average molecular weight is 536 g/mol. The number of nitrogens with two attached hydrogens (primary N) is 1. The van der Waals surface area contributed by atoms with Gasteiger partial charge in [0, 0.05) is 37.3 Å². The number of carbonyl (C=O) groups is 1. The molecule has 1 aromatic carbocycles. The number of benzene rings is 1. The van der Waals surface area contributed by atoms with Crippen LogP contribution in [0.5, 0.6) is 0 Å². The first-order valence-corrected chi connectivity index (χ1v) is 12.8. The zero-order valence-electron chi connectivity index (χ0n) is 20.8. The highest BCUT2D eigenvalue weighted by Crippen LogP contribution is 2.40. The largest absolute Gasteiger partial charge is 0.381 e.